The highest BCUT2D eigenvalue weighted by atomic mass is 35.5. The van der Waals surface area contributed by atoms with Crippen LogP contribution in [-0.2, 0) is 11.2 Å². The molecule has 1 aromatic carbocycles. The minimum Gasteiger partial charge on any atom is -0.493 e. The molecular formula is C22H33ClN7O4+. The summed E-state index contributed by atoms with van der Waals surface area (Å²) in [4.78, 5) is 32.3. The number of carbonyl (C=O) groups is 2. The summed E-state index contributed by atoms with van der Waals surface area (Å²) in [6, 6.07) is 5.62. The molecule has 0 spiro atoms. The molecule has 34 heavy (non-hydrogen) atoms. The number of anilines is 2. The summed E-state index contributed by atoms with van der Waals surface area (Å²) < 4.78 is 11.1. The highest BCUT2D eigenvalue weighted by Crippen LogP contribution is 2.27. The summed E-state index contributed by atoms with van der Waals surface area (Å²) in [6.45, 7) is 2.21. The van der Waals surface area contributed by atoms with E-state index >= 15 is 0 Å². The molecular weight excluding hydrogens is 462 g/mol. The van der Waals surface area contributed by atoms with Gasteiger partial charge in [-0.25, -0.2) is 9.97 Å². The summed E-state index contributed by atoms with van der Waals surface area (Å²) in [5, 5.41) is 5.63. The maximum Gasteiger partial charge on any atom is 0.273 e. The Kier molecular flexibility index (Phi) is 9.69. The smallest absolute Gasteiger partial charge is 0.273 e. The summed E-state index contributed by atoms with van der Waals surface area (Å²) >= 11 is 5.82. The number of methoxy groups -OCH3 is 2. The third kappa shape index (κ3) is 7.92. The zero-order chi connectivity index (χ0) is 25.3. The van der Waals surface area contributed by atoms with Crippen LogP contribution >= 0.6 is 11.6 Å². The molecule has 0 aliphatic carbocycles. The normalized spacial score (nSPS) is 11.1. The van der Waals surface area contributed by atoms with Gasteiger partial charge in [0.15, 0.2) is 34.0 Å². The first kappa shape index (κ1) is 26.9. The van der Waals surface area contributed by atoms with Gasteiger partial charge in [-0.15, -0.1) is 0 Å². The molecule has 1 heterocycles. The van der Waals surface area contributed by atoms with Crippen LogP contribution in [0.15, 0.2) is 18.2 Å². The van der Waals surface area contributed by atoms with Gasteiger partial charge in [-0.3, -0.25) is 9.59 Å². The fourth-order valence-corrected chi connectivity index (χ4v) is 3.28. The second-order valence-electron chi connectivity index (χ2n) is 8.31. The topological polar surface area (TPSA) is 154 Å². The van der Waals surface area contributed by atoms with E-state index in [1.54, 1.807) is 14.2 Å². The Morgan fingerprint density at radius 3 is 2.29 bits per heavy atom. The summed E-state index contributed by atoms with van der Waals surface area (Å²) in [7, 11) is 7.18. The number of aryl methyl sites for hydroxylation is 1. The first-order chi connectivity index (χ1) is 16.1. The molecule has 2 rings (SSSR count). The minimum absolute atomic E-state index is 0.0284. The number of hydrogen-bond acceptors (Lipinski definition) is 8. The minimum atomic E-state index is -0.477. The number of nitrogens with one attached hydrogen (secondary N) is 2. The standard InChI is InChI=1S/C22H32ClN7O4/c1-30(2,12-10-27-22(32)18-20(24)29-21(25)19(23)28-18)11-9-26-17(31)8-6-14-5-7-15(33-3)16(13-14)34-4/h5,7,13H,6,8-12H2,1-4H3,(H5-,24,25,26,27,29,31,32)/p+1. The van der Waals surface area contributed by atoms with Crippen molar-refractivity contribution in [2.45, 2.75) is 12.8 Å². The number of halogens is 1. The number of quaternary nitrogens is 1. The lowest BCUT2D eigenvalue weighted by Crippen LogP contribution is -2.49. The van der Waals surface area contributed by atoms with E-state index in [0.29, 0.717) is 55.0 Å². The van der Waals surface area contributed by atoms with E-state index in [1.165, 1.54) is 0 Å². The SMILES string of the molecule is COc1ccc(CCC(=O)NCC[N+](C)(C)CCNC(=O)c2nc(Cl)c(N)nc2N)cc1OC. The van der Waals surface area contributed by atoms with Gasteiger partial charge in [0.25, 0.3) is 5.91 Å². The first-order valence-corrected chi connectivity index (χ1v) is 11.1. The summed E-state index contributed by atoms with van der Waals surface area (Å²) in [5.74, 6) is 0.678. The predicted octanol–water partition coefficient (Wildman–Crippen LogP) is 0.867. The van der Waals surface area contributed by atoms with E-state index in [-0.39, 0.29) is 28.4 Å². The van der Waals surface area contributed by atoms with Crippen LogP contribution in [0.5, 0.6) is 11.5 Å². The van der Waals surface area contributed by atoms with Crippen molar-refractivity contribution >= 4 is 35.1 Å². The average Bonchev–Trinajstić information content (AvgIpc) is 2.79. The second-order valence-corrected chi connectivity index (χ2v) is 8.67. The van der Waals surface area contributed by atoms with Crippen LogP contribution in [0.25, 0.3) is 0 Å². The van der Waals surface area contributed by atoms with Crippen LogP contribution in [0, 0.1) is 0 Å². The maximum atomic E-state index is 12.3. The number of aromatic nitrogens is 2. The van der Waals surface area contributed by atoms with E-state index in [4.69, 9.17) is 32.5 Å². The fraction of sp³-hybridized carbons (Fsp3) is 0.455. The summed E-state index contributed by atoms with van der Waals surface area (Å²) in [6.07, 6.45) is 0.962. The lowest BCUT2D eigenvalue weighted by Gasteiger charge is -2.30. The average molecular weight is 495 g/mol. The molecule has 6 N–H and O–H groups in total. The Balaban J connectivity index is 1.72. The van der Waals surface area contributed by atoms with Gasteiger partial charge in [0.05, 0.1) is 54.5 Å². The number of hydrogen-bond donors (Lipinski definition) is 4. The van der Waals surface area contributed by atoms with E-state index in [9.17, 15) is 9.59 Å². The van der Waals surface area contributed by atoms with Crippen molar-refractivity contribution in [2.24, 2.45) is 0 Å². The van der Waals surface area contributed by atoms with E-state index in [2.05, 4.69) is 20.6 Å². The first-order valence-electron chi connectivity index (χ1n) is 10.7. The quantitative estimate of drug-likeness (QED) is 0.317. The van der Waals surface area contributed by atoms with Crippen LogP contribution in [0.2, 0.25) is 5.15 Å². The Morgan fingerprint density at radius 2 is 1.65 bits per heavy atom. The second kappa shape index (κ2) is 12.2. The predicted molar refractivity (Wildman–Crippen MR) is 131 cm³/mol. The third-order valence-corrected chi connectivity index (χ3v) is 5.53. The third-order valence-electron chi connectivity index (χ3n) is 5.25. The number of ether oxygens (including phenoxy) is 2. The van der Waals surface area contributed by atoms with Gasteiger partial charge in [-0.1, -0.05) is 17.7 Å². The molecule has 0 saturated heterocycles. The van der Waals surface area contributed by atoms with Crippen LogP contribution in [0.3, 0.4) is 0 Å². The highest BCUT2D eigenvalue weighted by Gasteiger charge is 2.19. The number of likely N-dealkylation sites (N-methyl/N-ethyl adjacent to an activating group) is 1. The molecule has 0 fully saturated rings. The molecule has 1 aromatic heterocycles. The van der Waals surface area contributed by atoms with E-state index < -0.39 is 5.91 Å². The van der Waals surface area contributed by atoms with E-state index in [0.717, 1.165) is 5.56 Å². The number of amides is 2. The molecule has 2 aromatic rings. The van der Waals surface area contributed by atoms with Crippen molar-refractivity contribution in [3.63, 3.8) is 0 Å². The number of nitrogen functional groups attached to an aromatic ring is 2. The lowest BCUT2D eigenvalue weighted by molar-refractivity contribution is -0.887. The molecule has 0 aliphatic heterocycles. The van der Waals surface area contributed by atoms with Crippen LogP contribution in [-0.4, -0.2) is 80.8 Å². The van der Waals surface area contributed by atoms with Gasteiger partial charge in [0.1, 0.15) is 0 Å². The fourth-order valence-electron chi connectivity index (χ4n) is 3.16. The zero-order valence-electron chi connectivity index (χ0n) is 20.0. The lowest BCUT2D eigenvalue weighted by atomic mass is 10.1. The molecule has 2 amide bonds. The Labute approximate surface area is 204 Å². The van der Waals surface area contributed by atoms with Crippen LogP contribution in [0.1, 0.15) is 22.5 Å². The van der Waals surface area contributed by atoms with Crippen molar-refractivity contribution in [2.75, 3.05) is 66.0 Å². The number of benzene rings is 1. The molecule has 0 atom stereocenters. The highest BCUT2D eigenvalue weighted by molar-refractivity contribution is 6.31. The van der Waals surface area contributed by atoms with E-state index in [1.807, 2.05) is 32.3 Å². The number of rotatable bonds is 12. The molecule has 0 unspecified atom stereocenters. The van der Waals surface area contributed by atoms with Crippen LogP contribution < -0.4 is 31.6 Å². The molecule has 0 aliphatic rings. The van der Waals surface area contributed by atoms with Gasteiger partial charge in [0.2, 0.25) is 5.91 Å². The Hall–Kier alpha value is -3.31. The van der Waals surface area contributed by atoms with Crippen molar-refractivity contribution in [1.82, 2.24) is 20.6 Å². The van der Waals surface area contributed by atoms with Crippen molar-refractivity contribution < 1.29 is 23.5 Å². The Bertz CT molecular complexity index is 1020. The van der Waals surface area contributed by atoms with Gasteiger partial charge >= 0.3 is 0 Å². The molecule has 0 bridgehead atoms. The molecule has 0 radical (unpaired) electrons. The van der Waals surface area contributed by atoms with Crippen molar-refractivity contribution in [3.05, 3.63) is 34.6 Å². The van der Waals surface area contributed by atoms with Crippen molar-refractivity contribution in [3.8, 4) is 11.5 Å². The molecule has 186 valence electrons. The number of nitrogens with zero attached hydrogens (tertiary/aromatic N) is 3. The number of carbonyl (C=O) groups excluding carboxylic acids is 2. The van der Waals surface area contributed by atoms with Gasteiger partial charge < -0.3 is 36.1 Å². The zero-order valence-corrected chi connectivity index (χ0v) is 20.7. The Morgan fingerprint density at radius 1 is 1.00 bits per heavy atom. The van der Waals surface area contributed by atoms with Gasteiger partial charge in [0, 0.05) is 6.42 Å². The van der Waals surface area contributed by atoms with Gasteiger partial charge in [-0.2, -0.15) is 0 Å². The molecule has 0 saturated carbocycles. The molecule has 11 nitrogen and oxygen atoms in total. The van der Waals surface area contributed by atoms with Crippen LogP contribution in [0.4, 0.5) is 11.6 Å². The maximum absolute atomic E-state index is 12.3. The number of nitrogens with two attached hydrogens (primary N) is 2. The molecule has 12 heteroatoms. The monoisotopic (exact) mass is 494 g/mol. The van der Waals surface area contributed by atoms with Crippen molar-refractivity contribution in [1.29, 1.82) is 0 Å². The largest absolute Gasteiger partial charge is 0.493 e. The van der Waals surface area contributed by atoms with Gasteiger partial charge in [-0.05, 0) is 24.1 Å². The summed E-state index contributed by atoms with van der Waals surface area (Å²) in [5.41, 5.74) is 12.2.